The van der Waals surface area contributed by atoms with Gasteiger partial charge in [0.2, 0.25) is 5.88 Å². The molecular weight excluding hydrogens is 325 g/mol. The van der Waals surface area contributed by atoms with E-state index in [0.717, 1.165) is 11.1 Å². The van der Waals surface area contributed by atoms with Gasteiger partial charge in [0.15, 0.2) is 5.75 Å². The third kappa shape index (κ3) is 3.42. The zero-order chi connectivity index (χ0) is 18.0. The standard InChI is InChI=1S/C17H16FN5O2/c1-10-3-8-14(23(2)17(19)24)21-16(10)25-13-9-20-22-15(13)11-4-6-12(18)7-5-11/h3-9H,1-2H3,(H2,19,24)(H,20,22). The lowest BCUT2D eigenvalue weighted by Crippen LogP contribution is -2.32. The van der Waals surface area contributed by atoms with E-state index in [1.807, 2.05) is 6.92 Å². The van der Waals surface area contributed by atoms with Gasteiger partial charge in [0.05, 0.1) is 6.20 Å². The summed E-state index contributed by atoms with van der Waals surface area (Å²) in [6.45, 7) is 1.83. The van der Waals surface area contributed by atoms with E-state index in [0.29, 0.717) is 23.1 Å². The number of urea groups is 1. The molecule has 0 atom stereocenters. The minimum Gasteiger partial charge on any atom is -0.435 e. The molecule has 0 saturated heterocycles. The van der Waals surface area contributed by atoms with Crippen LogP contribution in [0.5, 0.6) is 11.6 Å². The van der Waals surface area contributed by atoms with Gasteiger partial charge in [-0.15, -0.1) is 0 Å². The number of primary amides is 1. The Morgan fingerprint density at radius 3 is 2.64 bits per heavy atom. The van der Waals surface area contributed by atoms with Crippen LogP contribution in [0, 0.1) is 12.7 Å². The summed E-state index contributed by atoms with van der Waals surface area (Å²) in [5, 5.41) is 6.80. The number of H-pyrrole nitrogens is 1. The highest BCUT2D eigenvalue weighted by molar-refractivity contribution is 5.89. The van der Waals surface area contributed by atoms with Crippen molar-refractivity contribution < 1.29 is 13.9 Å². The maximum Gasteiger partial charge on any atom is 0.320 e. The number of benzene rings is 1. The number of anilines is 1. The lowest BCUT2D eigenvalue weighted by atomic mass is 10.1. The highest BCUT2D eigenvalue weighted by atomic mass is 19.1. The fraction of sp³-hybridized carbons (Fsp3) is 0.118. The van der Waals surface area contributed by atoms with Gasteiger partial charge in [0.1, 0.15) is 17.3 Å². The van der Waals surface area contributed by atoms with Crippen LogP contribution in [0.25, 0.3) is 11.3 Å². The number of rotatable bonds is 4. The number of nitrogens with two attached hydrogens (primary N) is 1. The van der Waals surface area contributed by atoms with Crippen LogP contribution < -0.4 is 15.4 Å². The summed E-state index contributed by atoms with van der Waals surface area (Å²) in [5.74, 6) is 0.779. The van der Waals surface area contributed by atoms with E-state index < -0.39 is 6.03 Å². The fourth-order valence-electron chi connectivity index (χ4n) is 2.18. The number of nitrogens with one attached hydrogen (secondary N) is 1. The summed E-state index contributed by atoms with van der Waals surface area (Å²) in [5.41, 5.74) is 7.35. The Morgan fingerprint density at radius 2 is 1.96 bits per heavy atom. The second-order valence-electron chi connectivity index (χ2n) is 5.41. The van der Waals surface area contributed by atoms with Gasteiger partial charge in [0, 0.05) is 18.2 Å². The third-order valence-electron chi connectivity index (χ3n) is 3.65. The predicted octanol–water partition coefficient (Wildman–Crippen LogP) is 3.23. The summed E-state index contributed by atoms with van der Waals surface area (Å²) >= 11 is 0. The minimum absolute atomic E-state index is 0.315. The van der Waals surface area contributed by atoms with E-state index in [2.05, 4.69) is 15.2 Å². The average molecular weight is 341 g/mol. The molecule has 3 rings (SSSR count). The number of aromatic nitrogens is 3. The first-order valence-corrected chi connectivity index (χ1v) is 7.43. The first-order valence-electron chi connectivity index (χ1n) is 7.43. The van der Waals surface area contributed by atoms with E-state index in [1.165, 1.54) is 30.3 Å². The van der Waals surface area contributed by atoms with Crippen molar-refractivity contribution in [1.82, 2.24) is 15.2 Å². The van der Waals surface area contributed by atoms with E-state index in [4.69, 9.17) is 10.5 Å². The van der Waals surface area contributed by atoms with Crippen LogP contribution >= 0.6 is 0 Å². The number of pyridine rings is 1. The zero-order valence-corrected chi connectivity index (χ0v) is 13.7. The molecule has 0 aliphatic rings. The van der Waals surface area contributed by atoms with E-state index in [9.17, 15) is 9.18 Å². The van der Waals surface area contributed by atoms with Crippen molar-refractivity contribution >= 4 is 11.8 Å². The monoisotopic (exact) mass is 341 g/mol. The second-order valence-corrected chi connectivity index (χ2v) is 5.41. The molecule has 8 heteroatoms. The van der Waals surface area contributed by atoms with Crippen LogP contribution in [0.15, 0.2) is 42.6 Å². The molecule has 0 aliphatic heterocycles. The largest absolute Gasteiger partial charge is 0.435 e. The molecule has 0 aliphatic carbocycles. The first kappa shape index (κ1) is 16.4. The van der Waals surface area contributed by atoms with Gasteiger partial charge < -0.3 is 10.5 Å². The number of ether oxygens (including phenoxy) is 1. The van der Waals surface area contributed by atoms with Gasteiger partial charge in [-0.1, -0.05) is 6.07 Å². The van der Waals surface area contributed by atoms with Crippen molar-refractivity contribution in [3.63, 3.8) is 0 Å². The van der Waals surface area contributed by atoms with Gasteiger partial charge in [-0.25, -0.2) is 9.18 Å². The summed E-state index contributed by atoms with van der Waals surface area (Å²) in [6, 6.07) is 8.76. The number of carbonyl (C=O) groups excluding carboxylic acids is 1. The average Bonchev–Trinajstić information content (AvgIpc) is 3.05. The number of aryl methyl sites for hydroxylation is 1. The van der Waals surface area contributed by atoms with E-state index in [1.54, 1.807) is 24.3 Å². The smallest absolute Gasteiger partial charge is 0.320 e. The number of halogens is 1. The van der Waals surface area contributed by atoms with Crippen molar-refractivity contribution in [3.8, 4) is 22.9 Å². The molecule has 2 heterocycles. The topological polar surface area (TPSA) is 97.1 Å². The highest BCUT2D eigenvalue weighted by Crippen LogP contribution is 2.32. The Kier molecular flexibility index (Phi) is 4.34. The van der Waals surface area contributed by atoms with Crippen LogP contribution in [0.2, 0.25) is 0 Å². The molecule has 0 spiro atoms. The van der Waals surface area contributed by atoms with Crippen molar-refractivity contribution in [2.24, 2.45) is 5.73 Å². The quantitative estimate of drug-likeness (QED) is 0.761. The number of hydrogen-bond donors (Lipinski definition) is 2. The minimum atomic E-state index is -0.627. The lowest BCUT2D eigenvalue weighted by molar-refractivity contribution is 0.255. The van der Waals surface area contributed by atoms with Crippen LogP contribution in [0.1, 0.15) is 5.56 Å². The van der Waals surface area contributed by atoms with Crippen molar-refractivity contribution in [2.45, 2.75) is 6.92 Å². The maximum absolute atomic E-state index is 13.1. The summed E-state index contributed by atoms with van der Waals surface area (Å²) in [7, 11) is 1.52. The molecule has 1 aromatic carbocycles. The van der Waals surface area contributed by atoms with Crippen LogP contribution in [0.3, 0.4) is 0 Å². The molecule has 0 bridgehead atoms. The van der Waals surface area contributed by atoms with Gasteiger partial charge in [-0.3, -0.25) is 10.00 Å². The number of nitrogens with zero attached hydrogens (tertiary/aromatic N) is 3. The second kappa shape index (κ2) is 6.60. The normalized spacial score (nSPS) is 10.5. The van der Waals surface area contributed by atoms with Crippen molar-refractivity contribution in [2.75, 3.05) is 11.9 Å². The zero-order valence-electron chi connectivity index (χ0n) is 13.7. The molecule has 3 aromatic rings. The molecule has 0 fully saturated rings. The SMILES string of the molecule is Cc1ccc(N(C)C(N)=O)nc1Oc1cn[nH]c1-c1ccc(F)cc1. The van der Waals surface area contributed by atoms with Crippen LogP contribution in [-0.4, -0.2) is 28.3 Å². The molecule has 2 amide bonds. The molecule has 3 N–H and O–H groups in total. The Labute approximate surface area is 143 Å². The Bertz CT molecular complexity index is 908. The molecule has 2 aromatic heterocycles. The Hall–Kier alpha value is -3.42. The maximum atomic E-state index is 13.1. The summed E-state index contributed by atoms with van der Waals surface area (Å²) in [6.07, 6.45) is 1.50. The predicted molar refractivity (Wildman–Crippen MR) is 91.0 cm³/mol. The van der Waals surface area contributed by atoms with Gasteiger partial charge in [-0.2, -0.15) is 10.1 Å². The van der Waals surface area contributed by atoms with E-state index in [-0.39, 0.29) is 5.82 Å². The first-order chi connectivity index (χ1) is 12.0. The molecule has 0 unspecified atom stereocenters. The molecule has 0 radical (unpaired) electrons. The molecule has 25 heavy (non-hydrogen) atoms. The summed E-state index contributed by atoms with van der Waals surface area (Å²) < 4.78 is 19.0. The van der Waals surface area contributed by atoms with Crippen LogP contribution in [0.4, 0.5) is 15.0 Å². The third-order valence-corrected chi connectivity index (χ3v) is 3.65. The highest BCUT2D eigenvalue weighted by Gasteiger charge is 2.15. The van der Waals surface area contributed by atoms with Gasteiger partial charge in [-0.05, 0) is 37.3 Å². The number of amides is 2. The van der Waals surface area contributed by atoms with Crippen molar-refractivity contribution in [1.29, 1.82) is 0 Å². The Balaban J connectivity index is 1.93. The fourth-order valence-corrected chi connectivity index (χ4v) is 2.18. The summed E-state index contributed by atoms with van der Waals surface area (Å²) in [4.78, 5) is 16.8. The number of hydrogen-bond acceptors (Lipinski definition) is 4. The van der Waals surface area contributed by atoms with Crippen molar-refractivity contribution in [3.05, 3.63) is 54.0 Å². The van der Waals surface area contributed by atoms with Gasteiger partial charge in [0.25, 0.3) is 0 Å². The molecule has 128 valence electrons. The van der Waals surface area contributed by atoms with Gasteiger partial charge >= 0.3 is 6.03 Å². The lowest BCUT2D eigenvalue weighted by Gasteiger charge is -2.15. The molecular formula is C17H16FN5O2. The number of carbonyl (C=O) groups is 1. The molecule has 7 nitrogen and oxygen atoms in total. The van der Waals surface area contributed by atoms with Crippen LogP contribution in [-0.2, 0) is 0 Å². The Morgan fingerprint density at radius 1 is 1.24 bits per heavy atom. The van der Waals surface area contributed by atoms with E-state index >= 15 is 0 Å². The number of aromatic amines is 1. The molecule has 0 saturated carbocycles.